The Morgan fingerprint density at radius 1 is 1.25 bits per heavy atom. The maximum absolute atomic E-state index is 2.77. The van der Waals surface area contributed by atoms with Crippen LogP contribution in [0.2, 0.25) is 0 Å². The van der Waals surface area contributed by atoms with E-state index in [-0.39, 0.29) is 0 Å². The van der Waals surface area contributed by atoms with Gasteiger partial charge in [0.2, 0.25) is 0 Å². The Hall–Kier alpha value is -0.380. The predicted octanol–water partition coefficient (Wildman–Crippen LogP) is 3.75. The molecule has 3 rings (SSSR count). The van der Waals surface area contributed by atoms with Crippen LogP contribution in [0.5, 0.6) is 0 Å². The minimum absolute atomic E-state index is 0.726. The lowest BCUT2D eigenvalue weighted by Gasteiger charge is -2.50. The molecule has 0 aliphatic carbocycles. The zero-order valence-electron chi connectivity index (χ0n) is 13.1. The Bertz CT molecular complexity index is 440. The van der Waals surface area contributed by atoms with Crippen molar-refractivity contribution in [2.45, 2.75) is 58.7 Å². The highest BCUT2D eigenvalue weighted by atomic mass is 32.1. The van der Waals surface area contributed by atoms with Crippen molar-refractivity contribution in [3.8, 4) is 0 Å². The van der Waals surface area contributed by atoms with Gasteiger partial charge in [-0.05, 0) is 54.1 Å². The number of hydrogen-bond donors (Lipinski definition) is 0. The molecule has 2 saturated heterocycles. The van der Waals surface area contributed by atoms with Crippen LogP contribution >= 0.6 is 11.3 Å². The fourth-order valence-corrected chi connectivity index (χ4v) is 4.70. The van der Waals surface area contributed by atoms with Gasteiger partial charge in [-0.15, -0.1) is 0 Å². The fraction of sp³-hybridized carbons (Fsp3) is 0.765. The first-order valence-corrected chi connectivity index (χ1v) is 9.09. The summed E-state index contributed by atoms with van der Waals surface area (Å²) in [4.78, 5) is 5.54. The molecule has 3 heteroatoms. The standard InChI is InChI=1S/C17H28N2S/c1-13(2)17-10-18-7-5-4-6-16(18)9-19(17)8-15-12-20-11-14(15)3/h11-13,16-17H,4-10H2,1-3H3. The van der Waals surface area contributed by atoms with E-state index in [2.05, 4.69) is 41.3 Å². The molecular formula is C17H28N2S. The molecule has 0 bridgehead atoms. The highest BCUT2D eigenvalue weighted by molar-refractivity contribution is 7.08. The second kappa shape index (κ2) is 6.17. The summed E-state index contributed by atoms with van der Waals surface area (Å²) in [5.74, 6) is 0.747. The summed E-state index contributed by atoms with van der Waals surface area (Å²) in [6, 6.07) is 1.54. The summed E-state index contributed by atoms with van der Waals surface area (Å²) in [6.07, 6.45) is 4.24. The number of hydrogen-bond acceptors (Lipinski definition) is 3. The van der Waals surface area contributed by atoms with Crippen LogP contribution in [0.15, 0.2) is 10.8 Å². The quantitative estimate of drug-likeness (QED) is 0.837. The molecule has 0 amide bonds. The molecule has 0 saturated carbocycles. The average molecular weight is 292 g/mol. The van der Waals surface area contributed by atoms with E-state index in [0.29, 0.717) is 0 Å². The van der Waals surface area contributed by atoms with Crippen molar-refractivity contribution < 1.29 is 0 Å². The van der Waals surface area contributed by atoms with Gasteiger partial charge in [0, 0.05) is 31.7 Å². The van der Waals surface area contributed by atoms with Crippen molar-refractivity contribution in [2.75, 3.05) is 19.6 Å². The third-order valence-corrected chi connectivity index (χ3v) is 6.10. The fourth-order valence-electron chi connectivity index (χ4n) is 3.85. The monoisotopic (exact) mass is 292 g/mol. The lowest BCUT2D eigenvalue weighted by molar-refractivity contribution is -0.0118. The van der Waals surface area contributed by atoms with Crippen LogP contribution in [0, 0.1) is 12.8 Å². The van der Waals surface area contributed by atoms with Crippen molar-refractivity contribution in [3.05, 3.63) is 21.9 Å². The van der Waals surface area contributed by atoms with Gasteiger partial charge in [-0.2, -0.15) is 11.3 Å². The normalized spacial score (nSPS) is 28.8. The Morgan fingerprint density at radius 3 is 2.80 bits per heavy atom. The molecule has 0 N–H and O–H groups in total. The van der Waals surface area contributed by atoms with E-state index in [1.807, 2.05) is 11.3 Å². The number of piperidine rings is 1. The van der Waals surface area contributed by atoms with E-state index < -0.39 is 0 Å². The first kappa shape index (κ1) is 14.6. The minimum atomic E-state index is 0.726. The van der Waals surface area contributed by atoms with Crippen molar-refractivity contribution in [1.29, 1.82) is 0 Å². The van der Waals surface area contributed by atoms with Gasteiger partial charge in [-0.3, -0.25) is 9.80 Å². The van der Waals surface area contributed by atoms with Gasteiger partial charge in [-0.1, -0.05) is 20.3 Å². The van der Waals surface area contributed by atoms with Crippen LogP contribution in [0.1, 0.15) is 44.2 Å². The molecule has 0 aromatic carbocycles. The summed E-state index contributed by atoms with van der Waals surface area (Å²) < 4.78 is 0. The molecule has 1 aromatic heterocycles. The van der Waals surface area contributed by atoms with E-state index in [1.54, 1.807) is 5.56 Å². The first-order chi connectivity index (χ1) is 9.65. The summed E-state index contributed by atoms with van der Waals surface area (Å²) >= 11 is 1.85. The molecule has 2 atom stereocenters. The highest BCUT2D eigenvalue weighted by Crippen LogP contribution is 2.29. The molecule has 2 fully saturated rings. The summed E-state index contributed by atoms with van der Waals surface area (Å²) in [5.41, 5.74) is 3.02. The van der Waals surface area contributed by atoms with Crippen LogP contribution in [0.3, 0.4) is 0 Å². The largest absolute Gasteiger partial charge is 0.298 e. The molecule has 3 heterocycles. The van der Waals surface area contributed by atoms with Crippen LogP contribution in [0.4, 0.5) is 0 Å². The lowest BCUT2D eigenvalue weighted by atomic mass is 9.91. The molecule has 2 nitrogen and oxygen atoms in total. The summed E-state index contributed by atoms with van der Waals surface area (Å²) in [5, 5.41) is 4.64. The maximum atomic E-state index is 2.77. The van der Waals surface area contributed by atoms with Crippen molar-refractivity contribution in [2.24, 2.45) is 5.92 Å². The SMILES string of the molecule is Cc1cscc1CN1CC2CCCCN2CC1C(C)C. The van der Waals surface area contributed by atoms with Crippen LogP contribution in [-0.2, 0) is 6.54 Å². The van der Waals surface area contributed by atoms with Crippen molar-refractivity contribution in [1.82, 2.24) is 9.80 Å². The van der Waals surface area contributed by atoms with Gasteiger partial charge in [0.1, 0.15) is 0 Å². The van der Waals surface area contributed by atoms with Crippen LogP contribution < -0.4 is 0 Å². The van der Waals surface area contributed by atoms with Gasteiger partial charge in [0.05, 0.1) is 0 Å². The first-order valence-electron chi connectivity index (χ1n) is 8.15. The third-order valence-electron chi connectivity index (χ3n) is 5.19. The Morgan fingerprint density at radius 2 is 2.10 bits per heavy atom. The van der Waals surface area contributed by atoms with Crippen LogP contribution in [-0.4, -0.2) is 41.5 Å². The van der Waals surface area contributed by atoms with Gasteiger partial charge in [0.25, 0.3) is 0 Å². The van der Waals surface area contributed by atoms with Gasteiger partial charge >= 0.3 is 0 Å². The van der Waals surface area contributed by atoms with Crippen molar-refractivity contribution >= 4 is 11.3 Å². The predicted molar refractivity (Wildman–Crippen MR) is 87.3 cm³/mol. The lowest BCUT2D eigenvalue weighted by Crippen LogP contribution is -2.60. The Balaban J connectivity index is 1.74. The summed E-state index contributed by atoms with van der Waals surface area (Å²) in [7, 11) is 0. The number of piperazine rings is 1. The van der Waals surface area contributed by atoms with E-state index >= 15 is 0 Å². The highest BCUT2D eigenvalue weighted by Gasteiger charge is 2.36. The van der Waals surface area contributed by atoms with Gasteiger partial charge < -0.3 is 0 Å². The number of thiophene rings is 1. The molecule has 1 aromatic rings. The zero-order chi connectivity index (χ0) is 14.1. The van der Waals surface area contributed by atoms with E-state index in [9.17, 15) is 0 Å². The van der Waals surface area contributed by atoms with E-state index in [4.69, 9.17) is 0 Å². The molecule has 0 radical (unpaired) electrons. The van der Waals surface area contributed by atoms with Crippen molar-refractivity contribution in [3.63, 3.8) is 0 Å². The number of nitrogens with zero attached hydrogens (tertiary/aromatic N) is 2. The Kier molecular flexibility index (Phi) is 4.49. The molecule has 20 heavy (non-hydrogen) atoms. The topological polar surface area (TPSA) is 6.48 Å². The molecule has 0 spiro atoms. The smallest absolute Gasteiger partial charge is 0.0250 e. The van der Waals surface area contributed by atoms with E-state index in [1.165, 1.54) is 44.5 Å². The average Bonchev–Trinajstić information content (AvgIpc) is 2.83. The number of aryl methyl sites for hydroxylation is 1. The zero-order valence-corrected chi connectivity index (χ0v) is 14.0. The van der Waals surface area contributed by atoms with Gasteiger partial charge in [0.15, 0.2) is 0 Å². The second-order valence-corrected chi connectivity index (χ2v) is 7.71. The maximum Gasteiger partial charge on any atom is 0.0250 e. The van der Waals surface area contributed by atoms with Crippen LogP contribution in [0.25, 0.3) is 0 Å². The van der Waals surface area contributed by atoms with E-state index in [0.717, 1.165) is 24.5 Å². The third kappa shape index (κ3) is 2.95. The summed E-state index contributed by atoms with van der Waals surface area (Å²) in [6.45, 7) is 12.1. The molecular weight excluding hydrogens is 264 g/mol. The second-order valence-electron chi connectivity index (χ2n) is 6.97. The number of fused-ring (bicyclic) bond motifs is 1. The number of rotatable bonds is 3. The molecule has 112 valence electrons. The Labute approximate surface area is 127 Å². The molecule has 2 unspecified atom stereocenters. The molecule has 2 aliphatic rings. The van der Waals surface area contributed by atoms with Gasteiger partial charge in [-0.25, -0.2) is 0 Å². The minimum Gasteiger partial charge on any atom is -0.298 e. The molecule has 2 aliphatic heterocycles.